The Bertz CT molecular complexity index is 1080. The minimum absolute atomic E-state index is 0.140. The van der Waals surface area contributed by atoms with Crippen molar-refractivity contribution in [3.8, 4) is 0 Å². The van der Waals surface area contributed by atoms with Gasteiger partial charge in [0.15, 0.2) is 5.69 Å². The first kappa shape index (κ1) is 22.6. The molecule has 3 rings (SSSR count). The van der Waals surface area contributed by atoms with Gasteiger partial charge in [-0.1, -0.05) is 28.8 Å². The Labute approximate surface area is 185 Å². The van der Waals surface area contributed by atoms with Crippen LogP contribution in [0.4, 0.5) is 10.1 Å². The Morgan fingerprint density at radius 1 is 1.10 bits per heavy atom. The van der Waals surface area contributed by atoms with Crippen molar-refractivity contribution >= 4 is 29.0 Å². The summed E-state index contributed by atoms with van der Waals surface area (Å²) in [6.45, 7) is 9.42. The highest BCUT2D eigenvalue weighted by Gasteiger charge is 2.36. The number of hydrogen-bond donors (Lipinski definition) is 1. The van der Waals surface area contributed by atoms with Gasteiger partial charge in [-0.2, -0.15) is 0 Å². The van der Waals surface area contributed by atoms with E-state index in [2.05, 4.69) is 14.9 Å². The molecule has 0 bridgehead atoms. The van der Waals surface area contributed by atoms with Gasteiger partial charge in [0, 0.05) is 16.6 Å². The van der Waals surface area contributed by atoms with Gasteiger partial charge in [-0.15, -0.1) is 5.10 Å². The lowest BCUT2D eigenvalue weighted by Gasteiger charge is -2.34. The largest absolute Gasteiger partial charge is 0.349 e. The van der Waals surface area contributed by atoms with Gasteiger partial charge in [-0.05, 0) is 81.0 Å². The first-order valence-corrected chi connectivity index (χ1v) is 10.7. The van der Waals surface area contributed by atoms with Crippen molar-refractivity contribution in [3.63, 3.8) is 0 Å². The maximum atomic E-state index is 13.6. The maximum Gasteiger partial charge on any atom is 0.280 e. The molecule has 0 aliphatic rings. The minimum Gasteiger partial charge on any atom is -0.349 e. The zero-order chi connectivity index (χ0) is 22.8. The van der Waals surface area contributed by atoms with Crippen LogP contribution in [0.3, 0.4) is 0 Å². The van der Waals surface area contributed by atoms with Crippen molar-refractivity contribution in [2.45, 2.75) is 46.2 Å². The monoisotopic (exact) mass is 440 g/mol. The van der Waals surface area contributed by atoms with Crippen LogP contribution in [0, 0.1) is 19.7 Å². The summed E-state index contributed by atoms with van der Waals surface area (Å²) in [5.41, 5.74) is 2.50. The molecule has 3 aromatic rings. The number of carbonyl (C=O) groups is 2. The van der Waals surface area contributed by atoms with Crippen LogP contribution in [0.25, 0.3) is 0 Å². The smallest absolute Gasteiger partial charge is 0.280 e. The normalized spacial score (nSPS) is 12.3. The Hall–Kier alpha value is -3.13. The fourth-order valence-electron chi connectivity index (χ4n) is 3.24. The molecule has 1 heterocycles. The van der Waals surface area contributed by atoms with Crippen LogP contribution < -0.4 is 10.2 Å². The number of aromatic nitrogens is 2. The highest BCUT2D eigenvalue weighted by atomic mass is 32.1. The Morgan fingerprint density at radius 2 is 1.77 bits per heavy atom. The van der Waals surface area contributed by atoms with Gasteiger partial charge in [0.05, 0.1) is 0 Å². The number of amides is 2. The molecule has 31 heavy (non-hydrogen) atoms. The molecule has 0 saturated heterocycles. The van der Waals surface area contributed by atoms with Crippen LogP contribution in [0.1, 0.15) is 54.0 Å². The van der Waals surface area contributed by atoms with E-state index in [0.29, 0.717) is 11.3 Å². The standard InChI is InChI=1S/C23H25FN4O2S/c1-14-7-6-8-19(15(14)2)28(22(30)18-13-31-27-26-18)20(21(29)25-23(3,4)5)16-9-11-17(24)12-10-16/h6-13,20H,1-5H3,(H,25,29)/t20-/m1/s1. The summed E-state index contributed by atoms with van der Waals surface area (Å²) in [5, 5.41) is 8.43. The molecule has 0 fully saturated rings. The van der Waals surface area contributed by atoms with Gasteiger partial charge < -0.3 is 5.32 Å². The second-order valence-corrected chi connectivity index (χ2v) is 8.99. The van der Waals surface area contributed by atoms with E-state index < -0.39 is 23.3 Å². The molecule has 2 amide bonds. The average molecular weight is 441 g/mol. The van der Waals surface area contributed by atoms with Crippen molar-refractivity contribution in [3.05, 3.63) is 76.0 Å². The predicted molar refractivity (Wildman–Crippen MR) is 120 cm³/mol. The zero-order valence-corrected chi connectivity index (χ0v) is 19.0. The number of halogens is 1. The molecular weight excluding hydrogens is 415 g/mol. The molecule has 8 heteroatoms. The van der Waals surface area contributed by atoms with Gasteiger partial charge in [0.2, 0.25) is 5.91 Å². The molecule has 0 radical (unpaired) electrons. The van der Waals surface area contributed by atoms with Gasteiger partial charge in [-0.25, -0.2) is 4.39 Å². The fourth-order valence-corrected chi connectivity index (χ4v) is 3.67. The molecule has 0 aliphatic carbocycles. The summed E-state index contributed by atoms with van der Waals surface area (Å²) in [7, 11) is 0. The van der Waals surface area contributed by atoms with Gasteiger partial charge in [0.1, 0.15) is 11.9 Å². The van der Waals surface area contributed by atoms with Crippen molar-refractivity contribution < 1.29 is 14.0 Å². The highest BCUT2D eigenvalue weighted by molar-refractivity contribution is 7.03. The highest BCUT2D eigenvalue weighted by Crippen LogP contribution is 2.33. The van der Waals surface area contributed by atoms with E-state index in [1.807, 2.05) is 46.8 Å². The van der Waals surface area contributed by atoms with Crippen LogP contribution in [-0.2, 0) is 4.79 Å². The third kappa shape index (κ3) is 5.14. The quantitative estimate of drug-likeness (QED) is 0.629. The Kier molecular flexibility index (Phi) is 6.50. The first-order valence-electron chi connectivity index (χ1n) is 9.83. The van der Waals surface area contributed by atoms with Crippen molar-refractivity contribution in [2.75, 3.05) is 4.90 Å². The van der Waals surface area contributed by atoms with Crippen LogP contribution >= 0.6 is 11.5 Å². The number of aryl methyl sites for hydroxylation is 1. The number of nitrogens with one attached hydrogen (secondary N) is 1. The number of carbonyl (C=O) groups excluding carboxylic acids is 2. The molecule has 1 aromatic heterocycles. The van der Waals surface area contributed by atoms with Crippen molar-refractivity contribution in [2.24, 2.45) is 0 Å². The van der Waals surface area contributed by atoms with Gasteiger partial charge in [-0.3, -0.25) is 14.5 Å². The SMILES string of the molecule is Cc1cccc(N(C(=O)c2csnn2)[C@@H](C(=O)NC(C)(C)C)c2ccc(F)cc2)c1C. The van der Waals surface area contributed by atoms with E-state index >= 15 is 0 Å². The van der Waals surface area contributed by atoms with Crippen LogP contribution in [0.5, 0.6) is 0 Å². The number of anilines is 1. The maximum absolute atomic E-state index is 13.6. The topological polar surface area (TPSA) is 75.2 Å². The number of benzene rings is 2. The molecule has 0 aliphatic heterocycles. The summed E-state index contributed by atoms with van der Waals surface area (Å²) in [4.78, 5) is 28.5. The summed E-state index contributed by atoms with van der Waals surface area (Å²) in [5.74, 6) is -1.26. The third-order valence-corrected chi connectivity index (χ3v) is 5.33. The summed E-state index contributed by atoms with van der Waals surface area (Å²) < 4.78 is 17.4. The van der Waals surface area contributed by atoms with Crippen LogP contribution in [-0.4, -0.2) is 26.9 Å². The summed E-state index contributed by atoms with van der Waals surface area (Å²) in [6, 6.07) is 10.1. The molecular formula is C23H25FN4O2S. The number of hydrogen-bond acceptors (Lipinski definition) is 5. The van der Waals surface area contributed by atoms with Gasteiger partial charge in [0.25, 0.3) is 5.91 Å². The molecule has 6 nitrogen and oxygen atoms in total. The van der Waals surface area contributed by atoms with E-state index in [1.54, 1.807) is 11.4 Å². The van der Waals surface area contributed by atoms with E-state index in [9.17, 15) is 14.0 Å². The number of nitrogens with zero attached hydrogens (tertiary/aromatic N) is 3. The number of rotatable bonds is 5. The second-order valence-electron chi connectivity index (χ2n) is 8.38. The van der Waals surface area contributed by atoms with Gasteiger partial charge >= 0.3 is 0 Å². The minimum atomic E-state index is -1.03. The van der Waals surface area contributed by atoms with Crippen LogP contribution in [0.2, 0.25) is 0 Å². The fraction of sp³-hybridized carbons (Fsp3) is 0.304. The Morgan fingerprint density at radius 3 is 2.35 bits per heavy atom. The predicted octanol–water partition coefficient (Wildman–Crippen LogP) is 4.60. The summed E-state index contributed by atoms with van der Waals surface area (Å²) in [6.07, 6.45) is 0. The van der Waals surface area contributed by atoms with E-state index in [-0.39, 0.29) is 11.6 Å². The van der Waals surface area contributed by atoms with Crippen molar-refractivity contribution in [1.29, 1.82) is 0 Å². The molecule has 2 aromatic carbocycles. The Balaban J connectivity index is 2.23. The lowest BCUT2D eigenvalue weighted by Crippen LogP contribution is -2.49. The summed E-state index contributed by atoms with van der Waals surface area (Å²) >= 11 is 1.06. The molecule has 1 N–H and O–H groups in total. The molecule has 1 atom stereocenters. The molecule has 0 unspecified atom stereocenters. The molecule has 162 valence electrons. The van der Waals surface area contributed by atoms with E-state index in [0.717, 1.165) is 22.7 Å². The van der Waals surface area contributed by atoms with Crippen LogP contribution in [0.15, 0.2) is 47.8 Å². The molecule has 0 saturated carbocycles. The zero-order valence-electron chi connectivity index (χ0n) is 18.1. The third-order valence-electron chi connectivity index (χ3n) is 4.82. The first-order chi connectivity index (χ1) is 14.6. The lowest BCUT2D eigenvalue weighted by molar-refractivity contribution is -0.123. The van der Waals surface area contributed by atoms with E-state index in [4.69, 9.17) is 0 Å². The van der Waals surface area contributed by atoms with Crippen molar-refractivity contribution in [1.82, 2.24) is 14.9 Å². The lowest BCUT2D eigenvalue weighted by atomic mass is 9.98. The average Bonchev–Trinajstić information content (AvgIpc) is 3.22. The van der Waals surface area contributed by atoms with E-state index in [1.165, 1.54) is 29.2 Å². The molecule has 0 spiro atoms. The second kappa shape index (κ2) is 8.93.